The number of carbonyl (C=O) groups is 1. The first-order valence-electron chi connectivity index (χ1n) is 10.8. The van der Waals surface area contributed by atoms with Gasteiger partial charge in [0.1, 0.15) is 5.69 Å². The number of ether oxygens (including phenoxy) is 1. The van der Waals surface area contributed by atoms with Crippen LogP contribution in [0.1, 0.15) is 55.4 Å². The molecule has 0 bridgehead atoms. The minimum absolute atomic E-state index is 0.0933. The summed E-state index contributed by atoms with van der Waals surface area (Å²) >= 11 is 0. The average molecular weight is 453 g/mol. The van der Waals surface area contributed by atoms with Gasteiger partial charge in [0.25, 0.3) is 5.91 Å². The zero-order valence-corrected chi connectivity index (χ0v) is 18.3. The summed E-state index contributed by atoms with van der Waals surface area (Å²) in [5.41, 5.74) is -0.436. The van der Waals surface area contributed by atoms with Crippen molar-refractivity contribution in [1.82, 2.24) is 14.8 Å². The Morgan fingerprint density at radius 2 is 1.88 bits per heavy atom. The maximum absolute atomic E-state index is 14.3. The Balaban J connectivity index is 1.52. The summed E-state index contributed by atoms with van der Waals surface area (Å²) in [7, 11) is 0. The van der Waals surface area contributed by atoms with Crippen molar-refractivity contribution >= 4 is 5.91 Å². The minimum Gasteiger partial charge on any atom is -0.488 e. The van der Waals surface area contributed by atoms with Crippen LogP contribution in [0.2, 0.25) is 0 Å². The molecule has 4 rings (SSSR count). The zero-order chi connectivity index (χ0) is 23.3. The molecule has 2 aliphatic heterocycles. The number of hydrogen-bond acceptors (Lipinski definition) is 3. The van der Waals surface area contributed by atoms with E-state index in [9.17, 15) is 22.4 Å². The number of nitrogens with one attached hydrogen (secondary N) is 1. The number of fused-ring (bicyclic) bond motifs is 2. The standard InChI is InChI=1S/C23H27F4N3O2/c1-14(2)32-18-5-4-16(12-17(18)24)21(31)29-10-8-22(9-11-29)19-6-7-20(23(25,26)27)30(19)13-15(3)28-22/h4-7,12,14-15,28H,8-11,13H2,1-3H3. The van der Waals surface area contributed by atoms with Crippen LogP contribution in [0.4, 0.5) is 17.6 Å². The SMILES string of the molecule is CC1Cn2c(C(F)(F)F)ccc2C2(CCN(C(=O)c3ccc(OC(C)C)c(F)c3)CC2)N1. The highest BCUT2D eigenvalue weighted by molar-refractivity contribution is 5.94. The molecule has 1 aromatic heterocycles. The van der Waals surface area contributed by atoms with Crippen LogP contribution in [0.5, 0.6) is 5.75 Å². The molecule has 1 spiro atoms. The molecule has 1 aromatic carbocycles. The van der Waals surface area contributed by atoms with Crippen LogP contribution in [0.25, 0.3) is 0 Å². The van der Waals surface area contributed by atoms with Gasteiger partial charge in [0.15, 0.2) is 11.6 Å². The number of halogens is 4. The molecule has 0 saturated carbocycles. The second kappa shape index (κ2) is 8.10. The predicted octanol–water partition coefficient (Wildman–Crippen LogP) is 4.56. The molecular formula is C23H27F4N3O2. The second-order valence-corrected chi connectivity index (χ2v) is 8.94. The predicted molar refractivity (Wildman–Crippen MR) is 111 cm³/mol. The smallest absolute Gasteiger partial charge is 0.431 e. The van der Waals surface area contributed by atoms with E-state index >= 15 is 0 Å². The van der Waals surface area contributed by atoms with Gasteiger partial charge in [-0.25, -0.2) is 4.39 Å². The molecule has 9 heteroatoms. The highest BCUT2D eigenvalue weighted by atomic mass is 19.4. The van der Waals surface area contributed by atoms with E-state index in [1.54, 1.807) is 24.8 Å². The number of piperidine rings is 1. The van der Waals surface area contributed by atoms with Gasteiger partial charge < -0.3 is 19.5 Å². The Labute approximate surface area is 184 Å². The van der Waals surface area contributed by atoms with Gasteiger partial charge in [-0.15, -0.1) is 0 Å². The molecule has 1 N–H and O–H groups in total. The van der Waals surface area contributed by atoms with Gasteiger partial charge >= 0.3 is 6.18 Å². The fourth-order valence-corrected chi connectivity index (χ4v) is 4.85. The highest BCUT2D eigenvalue weighted by Gasteiger charge is 2.46. The number of benzene rings is 1. The zero-order valence-electron chi connectivity index (χ0n) is 18.3. The van der Waals surface area contributed by atoms with Crippen molar-refractivity contribution < 1.29 is 27.1 Å². The van der Waals surface area contributed by atoms with Crippen molar-refractivity contribution in [3.63, 3.8) is 0 Å². The summed E-state index contributed by atoms with van der Waals surface area (Å²) in [4.78, 5) is 14.6. The van der Waals surface area contributed by atoms with Gasteiger partial charge in [0.2, 0.25) is 0 Å². The van der Waals surface area contributed by atoms with E-state index in [4.69, 9.17) is 4.74 Å². The van der Waals surface area contributed by atoms with Crippen molar-refractivity contribution in [2.45, 2.75) is 64.0 Å². The number of alkyl halides is 3. The normalized spacial score (nSPS) is 20.5. The Bertz CT molecular complexity index is 1010. The number of aromatic nitrogens is 1. The van der Waals surface area contributed by atoms with E-state index in [1.807, 2.05) is 6.92 Å². The summed E-state index contributed by atoms with van der Waals surface area (Å²) in [5.74, 6) is -0.806. The van der Waals surface area contributed by atoms with E-state index in [0.717, 1.165) is 6.07 Å². The van der Waals surface area contributed by atoms with Crippen LogP contribution in [-0.4, -0.2) is 40.6 Å². The maximum atomic E-state index is 14.3. The molecule has 1 atom stereocenters. The van der Waals surface area contributed by atoms with Gasteiger partial charge in [-0.2, -0.15) is 13.2 Å². The molecule has 2 aromatic rings. The summed E-state index contributed by atoms with van der Waals surface area (Å²) in [6, 6.07) is 6.70. The molecule has 1 amide bonds. The third kappa shape index (κ3) is 4.10. The lowest BCUT2D eigenvalue weighted by molar-refractivity contribution is -0.144. The quantitative estimate of drug-likeness (QED) is 0.694. The van der Waals surface area contributed by atoms with Crippen molar-refractivity contribution in [2.75, 3.05) is 13.1 Å². The highest BCUT2D eigenvalue weighted by Crippen LogP contribution is 2.41. The molecule has 1 unspecified atom stereocenters. The molecule has 5 nitrogen and oxygen atoms in total. The second-order valence-electron chi connectivity index (χ2n) is 8.94. The average Bonchev–Trinajstić information content (AvgIpc) is 3.14. The van der Waals surface area contributed by atoms with Crippen molar-refractivity contribution in [1.29, 1.82) is 0 Å². The summed E-state index contributed by atoms with van der Waals surface area (Å²) in [6.45, 7) is 6.40. The first-order chi connectivity index (χ1) is 15.0. The van der Waals surface area contributed by atoms with Crippen LogP contribution < -0.4 is 10.1 Å². The lowest BCUT2D eigenvalue weighted by atomic mass is 9.82. The Kier molecular flexibility index (Phi) is 5.73. The fraction of sp³-hybridized carbons (Fsp3) is 0.522. The molecule has 3 heterocycles. The summed E-state index contributed by atoms with van der Waals surface area (Å²) in [5, 5.41) is 3.48. The maximum Gasteiger partial charge on any atom is 0.431 e. The Hall–Kier alpha value is -2.55. The third-order valence-electron chi connectivity index (χ3n) is 6.19. The lowest BCUT2D eigenvalue weighted by Crippen LogP contribution is -2.59. The number of hydrogen-bond donors (Lipinski definition) is 1. The van der Waals surface area contributed by atoms with E-state index in [0.29, 0.717) is 31.6 Å². The number of nitrogens with zero attached hydrogens (tertiary/aromatic N) is 2. The van der Waals surface area contributed by atoms with Crippen molar-refractivity contribution in [3.05, 3.63) is 53.1 Å². The van der Waals surface area contributed by atoms with E-state index in [1.165, 1.54) is 22.8 Å². The summed E-state index contributed by atoms with van der Waals surface area (Å²) in [6.07, 6.45) is -3.66. The first-order valence-corrected chi connectivity index (χ1v) is 10.8. The van der Waals surface area contributed by atoms with Gasteiger partial charge in [-0.3, -0.25) is 4.79 Å². The number of likely N-dealkylation sites (tertiary alicyclic amines) is 1. The fourth-order valence-electron chi connectivity index (χ4n) is 4.85. The van der Waals surface area contributed by atoms with Crippen LogP contribution in [-0.2, 0) is 18.3 Å². The number of rotatable bonds is 3. The van der Waals surface area contributed by atoms with E-state index in [2.05, 4.69) is 5.32 Å². The van der Waals surface area contributed by atoms with Crippen LogP contribution in [0, 0.1) is 5.82 Å². The van der Waals surface area contributed by atoms with Gasteiger partial charge in [0.05, 0.1) is 11.6 Å². The topological polar surface area (TPSA) is 46.5 Å². The Morgan fingerprint density at radius 1 is 1.19 bits per heavy atom. The largest absolute Gasteiger partial charge is 0.488 e. The molecule has 0 radical (unpaired) electrons. The van der Waals surface area contributed by atoms with Crippen LogP contribution in [0.15, 0.2) is 30.3 Å². The summed E-state index contributed by atoms with van der Waals surface area (Å²) < 4.78 is 61.4. The van der Waals surface area contributed by atoms with Gasteiger partial charge in [-0.1, -0.05) is 0 Å². The lowest BCUT2D eigenvalue weighted by Gasteiger charge is -2.47. The monoisotopic (exact) mass is 453 g/mol. The molecular weight excluding hydrogens is 426 g/mol. The Morgan fingerprint density at radius 3 is 2.47 bits per heavy atom. The van der Waals surface area contributed by atoms with Crippen molar-refractivity contribution in [3.8, 4) is 5.75 Å². The molecule has 174 valence electrons. The molecule has 2 aliphatic rings. The van der Waals surface area contributed by atoms with E-state index in [-0.39, 0.29) is 35.9 Å². The van der Waals surface area contributed by atoms with Crippen molar-refractivity contribution in [2.24, 2.45) is 0 Å². The van der Waals surface area contributed by atoms with Gasteiger partial charge in [-0.05, 0) is 63.9 Å². The van der Waals surface area contributed by atoms with Crippen LogP contribution >= 0.6 is 0 Å². The molecule has 0 aliphatic carbocycles. The van der Waals surface area contributed by atoms with E-state index < -0.39 is 23.2 Å². The molecule has 1 fully saturated rings. The first kappa shape index (κ1) is 22.6. The number of amides is 1. The number of carbonyl (C=O) groups excluding carboxylic acids is 1. The third-order valence-corrected chi connectivity index (χ3v) is 6.19. The molecule has 1 saturated heterocycles. The van der Waals surface area contributed by atoms with Crippen LogP contribution in [0.3, 0.4) is 0 Å². The minimum atomic E-state index is -4.41. The molecule has 32 heavy (non-hydrogen) atoms. The van der Waals surface area contributed by atoms with Gasteiger partial charge in [0, 0.05) is 36.9 Å².